The van der Waals surface area contributed by atoms with E-state index >= 15 is 0 Å². The van der Waals surface area contributed by atoms with Crippen LogP contribution in [0.4, 0.5) is 5.69 Å². The molecule has 0 saturated carbocycles. The Balaban J connectivity index is 2.02. The summed E-state index contributed by atoms with van der Waals surface area (Å²) in [6.45, 7) is 0.624. The predicted octanol–water partition coefficient (Wildman–Crippen LogP) is 3.50. The molecule has 0 saturated heterocycles. The molecule has 0 atom stereocenters. The van der Waals surface area contributed by atoms with Gasteiger partial charge in [0.05, 0.1) is 17.9 Å². The van der Waals surface area contributed by atoms with Crippen molar-refractivity contribution in [3.05, 3.63) is 52.0 Å². The zero-order valence-electron chi connectivity index (χ0n) is 8.32. The summed E-state index contributed by atoms with van der Waals surface area (Å²) in [5, 5.41) is 3.65. The van der Waals surface area contributed by atoms with Gasteiger partial charge in [0.15, 0.2) is 5.15 Å². The van der Waals surface area contributed by atoms with Crippen LogP contribution in [0.3, 0.4) is 0 Å². The van der Waals surface area contributed by atoms with Crippen LogP contribution in [0, 0.1) is 0 Å². The van der Waals surface area contributed by atoms with Crippen molar-refractivity contribution >= 4 is 33.2 Å². The number of rotatable bonds is 3. The summed E-state index contributed by atoms with van der Waals surface area (Å²) in [7, 11) is 0. The first-order valence-corrected chi connectivity index (χ1v) is 5.87. The van der Waals surface area contributed by atoms with E-state index in [1.165, 1.54) is 0 Å². The average Bonchev–Trinajstić information content (AvgIpc) is 2.30. The Morgan fingerprint density at radius 2 is 2.12 bits per heavy atom. The summed E-state index contributed by atoms with van der Waals surface area (Å²) in [5.41, 5.74) is 1.76. The van der Waals surface area contributed by atoms with Gasteiger partial charge in [0.1, 0.15) is 0 Å². The van der Waals surface area contributed by atoms with Crippen molar-refractivity contribution < 1.29 is 0 Å². The van der Waals surface area contributed by atoms with Gasteiger partial charge in [-0.15, -0.1) is 0 Å². The molecule has 0 unspecified atom stereocenters. The van der Waals surface area contributed by atoms with Gasteiger partial charge in [-0.25, -0.2) is 4.98 Å². The molecule has 16 heavy (non-hydrogen) atoms. The van der Waals surface area contributed by atoms with Gasteiger partial charge in [0.2, 0.25) is 0 Å². The summed E-state index contributed by atoms with van der Waals surface area (Å²) < 4.78 is 0.968. The van der Waals surface area contributed by atoms with Crippen molar-refractivity contribution in [2.75, 3.05) is 5.32 Å². The lowest BCUT2D eigenvalue weighted by Gasteiger charge is -2.06. The first kappa shape index (κ1) is 11.4. The van der Waals surface area contributed by atoms with Crippen LogP contribution in [0.1, 0.15) is 5.69 Å². The van der Waals surface area contributed by atoms with E-state index in [1.807, 2.05) is 24.3 Å². The minimum absolute atomic E-state index is 0.472. The molecule has 0 amide bonds. The highest BCUT2D eigenvalue weighted by Gasteiger charge is 2.00. The third-order valence-corrected chi connectivity index (χ3v) is 2.78. The number of hydrogen-bond donors (Lipinski definition) is 1. The molecule has 0 spiro atoms. The fourth-order valence-corrected chi connectivity index (χ4v) is 1.64. The molecule has 2 aromatic heterocycles. The standard InChI is InChI=1S/C11H9BrClN3/c12-8-3-4-9(15-6-8)7-16-10-2-1-5-14-11(10)13/h1-6,16H,7H2. The summed E-state index contributed by atoms with van der Waals surface area (Å²) in [5.74, 6) is 0. The maximum Gasteiger partial charge on any atom is 0.152 e. The van der Waals surface area contributed by atoms with Crippen LogP contribution in [0.2, 0.25) is 5.15 Å². The molecule has 2 aromatic rings. The molecular formula is C11H9BrClN3. The molecule has 0 fully saturated rings. The lowest BCUT2D eigenvalue weighted by molar-refractivity contribution is 1.04. The molecular weight excluding hydrogens is 289 g/mol. The normalized spacial score (nSPS) is 10.1. The third-order valence-electron chi connectivity index (χ3n) is 2.01. The number of nitrogens with one attached hydrogen (secondary N) is 1. The Bertz CT molecular complexity index is 473. The average molecular weight is 299 g/mol. The first-order valence-electron chi connectivity index (χ1n) is 4.70. The van der Waals surface area contributed by atoms with E-state index in [2.05, 4.69) is 31.2 Å². The van der Waals surface area contributed by atoms with E-state index in [0.717, 1.165) is 15.9 Å². The number of aromatic nitrogens is 2. The molecule has 0 aliphatic carbocycles. The van der Waals surface area contributed by atoms with Gasteiger partial charge in [0, 0.05) is 16.9 Å². The van der Waals surface area contributed by atoms with Crippen LogP contribution >= 0.6 is 27.5 Å². The molecule has 0 radical (unpaired) electrons. The van der Waals surface area contributed by atoms with E-state index in [4.69, 9.17) is 11.6 Å². The van der Waals surface area contributed by atoms with E-state index in [9.17, 15) is 0 Å². The van der Waals surface area contributed by atoms with Crippen LogP contribution in [-0.2, 0) is 6.54 Å². The Hall–Kier alpha value is -1.13. The Morgan fingerprint density at radius 1 is 1.25 bits per heavy atom. The van der Waals surface area contributed by atoms with Crippen LogP contribution < -0.4 is 5.32 Å². The molecule has 0 aliphatic heterocycles. The first-order chi connectivity index (χ1) is 7.75. The van der Waals surface area contributed by atoms with Gasteiger partial charge in [-0.1, -0.05) is 11.6 Å². The second-order valence-electron chi connectivity index (χ2n) is 3.16. The highest BCUT2D eigenvalue weighted by atomic mass is 79.9. The van der Waals surface area contributed by atoms with Crippen molar-refractivity contribution in [1.29, 1.82) is 0 Å². The van der Waals surface area contributed by atoms with Crippen molar-refractivity contribution in [2.45, 2.75) is 6.54 Å². The zero-order chi connectivity index (χ0) is 11.4. The Kier molecular flexibility index (Phi) is 3.74. The summed E-state index contributed by atoms with van der Waals surface area (Å²) >= 11 is 9.25. The van der Waals surface area contributed by atoms with Crippen molar-refractivity contribution in [3.63, 3.8) is 0 Å². The van der Waals surface area contributed by atoms with Gasteiger partial charge in [-0.05, 0) is 40.2 Å². The van der Waals surface area contributed by atoms with E-state index in [1.54, 1.807) is 12.4 Å². The molecule has 5 heteroatoms. The second-order valence-corrected chi connectivity index (χ2v) is 4.44. The Labute approximate surface area is 107 Å². The minimum atomic E-state index is 0.472. The minimum Gasteiger partial charge on any atom is -0.377 e. The lowest BCUT2D eigenvalue weighted by atomic mass is 10.3. The van der Waals surface area contributed by atoms with Crippen molar-refractivity contribution in [1.82, 2.24) is 9.97 Å². The summed E-state index contributed by atoms with van der Waals surface area (Å²) in [4.78, 5) is 8.23. The van der Waals surface area contributed by atoms with Crippen LogP contribution in [0.25, 0.3) is 0 Å². The van der Waals surface area contributed by atoms with Crippen molar-refractivity contribution in [2.24, 2.45) is 0 Å². The number of halogens is 2. The van der Waals surface area contributed by atoms with Gasteiger partial charge >= 0.3 is 0 Å². The summed E-state index contributed by atoms with van der Waals surface area (Å²) in [6.07, 6.45) is 3.42. The summed E-state index contributed by atoms with van der Waals surface area (Å²) in [6, 6.07) is 7.62. The van der Waals surface area contributed by atoms with Crippen LogP contribution in [0.15, 0.2) is 41.1 Å². The fourth-order valence-electron chi connectivity index (χ4n) is 1.21. The second kappa shape index (κ2) is 5.27. The molecule has 1 N–H and O–H groups in total. The molecule has 0 bridgehead atoms. The third kappa shape index (κ3) is 2.93. The van der Waals surface area contributed by atoms with E-state index in [-0.39, 0.29) is 0 Å². The predicted molar refractivity (Wildman–Crippen MR) is 68.5 cm³/mol. The zero-order valence-corrected chi connectivity index (χ0v) is 10.7. The Morgan fingerprint density at radius 3 is 2.81 bits per heavy atom. The highest BCUT2D eigenvalue weighted by molar-refractivity contribution is 9.10. The maximum absolute atomic E-state index is 5.91. The van der Waals surface area contributed by atoms with Gasteiger partial charge in [-0.3, -0.25) is 4.98 Å². The van der Waals surface area contributed by atoms with Gasteiger partial charge in [-0.2, -0.15) is 0 Å². The van der Waals surface area contributed by atoms with E-state index in [0.29, 0.717) is 11.7 Å². The number of nitrogens with zero attached hydrogens (tertiary/aromatic N) is 2. The highest BCUT2D eigenvalue weighted by Crippen LogP contribution is 2.18. The topological polar surface area (TPSA) is 37.8 Å². The molecule has 0 aromatic carbocycles. The maximum atomic E-state index is 5.91. The van der Waals surface area contributed by atoms with Gasteiger partial charge < -0.3 is 5.32 Å². The number of anilines is 1. The SMILES string of the molecule is Clc1ncccc1NCc1ccc(Br)cn1. The molecule has 82 valence electrons. The quantitative estimate of drug-likeness (QED) is 0.881. The molecule has 2 rings (SSSR count). The molecule has 0 aliphatic rings. The monoisotopic (exact) mass is 297 g/mol. The van der Waals surface area contributed by atoms with Crippen LogP contribution in [-0.4, -0.2) is 9.97 Å². The smallest absolute Gasteiger partial charge is 0.152 e. The number of pyridine rings is 2. The van der Waals surface area contributed by atoms with Crippen LogP contribution in [0.5, 0.6) is 0 Å². The lowest BCUT2D eigenvalue weighted by Crippen LogP contribution is -2.02. The van der Waals surface area contributed by atoms with Crippen molar-refractivity contribution in [3.8, 4) is 0 Å². The molecule has 3 nitrogen and oxygen atoms in total. The number of hydrogen-bond acceptors (Lipinski definition) is 3. The largest absolute Gasteiger partial charge is 0.377 e. The van der Waals surface area contributed by atoms with E-state index < -0.39 is 0 Å². The van der Waals surface area contributed by atoms with Gasteiger partial charge in [0.25, 0.3) is 0 Å². The fraction of sp³-hybridized carbons (Fsp3) is 0.0909. The molecule has 2 heterocycles.